The second kappa shape index (κ2) is 5.32. The molecule has 0 saturated heterocycles. The fraction of sp³-hybridized carbons (Fsp3) is 0. The van der Waals surface area contributed by atoms with E-state index in [2.05, 4.69) is 94.3 Å². The Balaban J connectivity index is 1.56. The number of benzene rings is 4. The number of rotatable bonds is 1. The van der Waals surface area contributed by atoms with Gasteiger partial charge in [-0.2, -0.15) is 0 Å². The molecule has 0 N–H and O–H groups in total. The standard InChI is InChI=1S/C26H15BN2O2/c1-2-8-17(9-3-1)28-19-11-5-10-18-24(19)25-20(28)12-6-14-22(25)29-21-13-4-7-16-15-30-26(23(16)21)31-27(18)29/h1-15H. The monoisotopic (exact) mass is 398 g/mol. The molecule has 0 fully saturated rings. The van der Waals surface area contributed by atoms with E-state index in [1.807, 2.05) is 0 Å². The highest BCUT2D eigenvalue weighted by atomic mass is 16.6. The molecule has 6 aromatic rings. The number of furan rings is 1. The lowest BCUT2D eigenvalue weighted by Crippen LogP contribution is -2.54. The number of nitrogens with zero attached hydrogens (tertiary/aromatic N) is 2. The molecule has 8 rings (SSSR count). The number of aromatic nitrogens is 1. The molecule has 2 aliphatic rings. The average Bonchev–Trinajstić information content (AvgIpc) is 3.39. The van der Waals surface area contributed by atoms with Crippen LogP contribution in [0, 0.1) is 0 Å². The van der Waals surface area contributed by atoms with Crippen LogP contribution in [0.15, 0.2) is 95.6 Å². The second-order valence-corrected chi connectivity index (χ2v) is 8.19. The third kappa shape index (κ3) is 1.79. The average molecular weight is 398 g/mol. The summed E-state index contributed by atoms with van der Waals surface area (Å²) in [6, 6.07) is 29.9. The molecule has 4 aromatic carbocycles. The molecule has 2 aliphatic heterocycles. The molecule has 0 atom stereocenters. The zero-order valence-electron chi connectivity index (χ0n) is 16.4. The SMILES string of the molecule is c1ccc(-n2c3cccc4c3c3c(cccc32)N2B4Oc3occ4cccc2c34)cc1. The molecule has 0 bridgehead atoms. The van der Waals surface area contributed by atoms with Crippen molar-refractivity contribution in [2.45, 2.75) is 0 Å². The van der Waals surface area contributed by atoms with Gasteiger partial charge in [0.2, 0.25) is 0 Å². The minimum absolute atomic E-state index is 0.266. The van der Waals surface area contributed by atoms with Crippen molar-refractivity contribution < 1.29 is 9.07 Å². The van der Waals surface area contributed by atoms with Gasteiger partial charge in [0.25, 0.3) is 5.95 Å². The molecular formula is C26H15BN2O2. The Hall–Kier alpha value is -4.12. The highest BCUT2D eigenvalue weighted by Crippen LogP contribution is 2.49. The highest BCUT2D eigenvalue weighted by Gasteiger charge is 2.44. The van der Waals surface area contributed by atoms with Gasteiger partial charge >= 0.3 is 7.05 Å². The van der Waals surface area contributed by atoms with E-state index < -0.39 is 0 Å². The Kier molecular flexibility index (Phi) is 2.69. The molecule has 0 saturated carbocycles. The smallest absolute Gasteiger partial charge is 0.510 e. The van der Waals surface area contributed by atoms with Gasteiger partial charge in [0.05, 0.1) is 16.4 Å². The summed E-state index contributed by atoms with van der Waals surface area (Å²) in [7, 11) is -0.266. The normalized spacial score (nSPS) is 13.9. The van der Waals surface area contributed by atoms with Crippen LogP contribution >= 0.6 is 0 Å². The van der Waals surface area contributed by atoms with E-state index in [0.29, 0.717) is 5.95 Å². The Morgan fingerprint density at radius 2 is 1.39 bits per heavy atom. The fourth-order valence-corrected chi connectivity index (χ4v) is 5.46. The van der Waals surface area contributed by atoms with E-state index in [4.69, 9.17) is 9.07 Å². The van der Waals surface area contributed by atoms with Gasteiger partial charge in [0.1, 0.15) is 6.26 Å². The molecule has 5 heteroatoms. The molecule has 31 heavy (non-hydrogen) atoms. The maximum absolute atomic E-state index is 6.49. The maximum atomic E-state index is 6.49. The van der Waals surface area contributed by atoms with E-state index >= 15 is 0 Å². The summed E-state index contributed by atoms with van der Waals surface area (Å²) in [5.74, 6) is 0.599. The van der Waals surface area contributed by atoms with Crippen molar-refractivity contribution in [1.29, 1.82) is 0 Å². The van der Waals surface area contributed by atoms with Crippen LogP contribution in [0.2, 0.25) is 0 Å². The predicted molar refractivity (Wildman–Crippen MR) is 125 cm³/mol. The minimum Gasteiger partial charge on any atom is -0.510 e. The Bertz CT molecular complexity index is 1680. The van der Waals surface area contributed by atoms with Crippen LogP contribution in [0.4, 0.5) is 11.4 Å². The van der Waals surface area contributed by atoms with Crippen molar-refractivity contribution in [3.63, 3.8) is 0 Å². The summed E-state index contributed by atoms with van der Waals surface area (Å²) in [5.41, 5.74) is 7.01. The van der Waals surface area contributed by atoms with Crippen LogP contribution in [0.25, 0.3) is 38.3 Å². The van der Waals surface area contributed by atoms with Crippen molar-refractivity contribution >= 4 is 56.5 Å². The summed E-state index contributed by atoms with van der Waals surface area (Å²) in [6.07, 6.45) is 1.78. The van der Waals surface area contributed by atoms with Gasteiger partial charge in [0, 0.05) is 33.2 Å². The van der Waals surface area contributed by atoms with E-state index in [1.54, 1.807) is 6.26 Å². The minimum atomic E-state index is -0.266. The summed E-state index contributed by atoms with van der Waals surface area (Å²) in [4.78, 5) is 2.32. The van der Waals surface area contributed by atoms with Crippen LogP contribution in [0.5, 0.6) is 5.95 Å². The second-order valence-electron chi connectivity index (χ2n) is 8.19. The molecule has 4 nitrogen and oxygen atoms in total. The Morgan fingerprint density at radius 1 is 0.645 bits per heavy atom. The van der Waals surface area contributed by atoms with Crippen LogP contribution in [-0.4, -0.2) is 11.6 Å². The molecule has 144 valence electrons. The number of fused-ring (bicyclic) bond motifs is 4. The fourth-order valence-electron chi connectivity index (χ4n) is 5.46. The van der Waals surface area contributed by atoms with Crippen LogP contribution in [0.3, 0.4) is 0 Å². The zero-order valence-corrected chi connectivity index (χ0v) is 16.4. The molecule has 0 radical (unpaired) electrons. The molecular weight excluding hydrogens is 383 g/mol. The number of hydrogen-bond acceptors (Lipinski definition) is 3. The number of hydrogen-bond donors (Lipinski definition) is 0. The van der Waals surface area contributed by atoms with Gasteiger partial charge < -0.3 is 18.4 Å². The van der Waals surface area contributed by atoms with Crippen molar-refractivity contribution in [2.24, 2.45) is 0 Å². The molecule has 2 aromatic heterocycles. The van der Waals surface area contributed by atoms with Crippen molar-refractivity contribution in [3.05, 3.63) is 91.2 Å². The topological polar surface area (TPSA) is 30.5 Å². The lowest BCUT2D eigenvalue weighted by molar-refractivity contribution is 0.398. The van der Waals surface area contributed by atoms with Gasteiger partial charge in [-0.25, -0.2) is 0 Å². The van der Waals surface area contributed by atoms with Crippen LogP contribution < -0.4 is 14.9 Å². The lowest BCUT2D eigenvalue weighted by atomic mass is 9.65. The summed E-state index contributed by atoms with van der Waals surface area (Å²) in [5, 5.41) is 4.61. The first-order valence-electron chi connectivity index (χ1n) is 10.5. The Morgan fingerprint density at radius 3 is 2.26 bits per heavy atom. The third-order valence-corrected chi connectivity index (χ3v) is 6.65. The summed E-state index contributed by atoms with van der Waals surface area (Å²) in [6.45, 7) is 0. The maximum Gasteiger partial charge on any atom is 0.526 e. The van der Waals surface area contributed by atoms with Gasteiger partial charge in [-0.3, -0.25) is 0 Å². The van der Waals surface area contributed by atoms with Gasteiger partial charge in [0.15, 0.2) is 0 Å². The Labute approximate surface area is 178 Å². The van der Waals surface area contributed by atoms with Crippen LogP contribution in [-0.2, 0) is 0 Å². The van der Waals surface area contributed by atoms with Crippen LogP contribution in [0.1, 0.15) is 0 Å². The van der Waals surface area contributed by atoms with Crippen molar-refractivity contribution in [1.82, 2.24) is 4.57 Å². The molecule has 0 unspecified atom stereocenters. The molecule has 0 aliphatic carbocycles. The van der Waals surface area contributed by atoms with Crippen molar-refractivity contribution in [3.8, 4) is 11.6 Å². The van der Waals surface area contributed by atoms with E-state index in [9.17, 15) is 0 Å². The first-order valence-corrected chi connectivity index (χ1v) is 10.5. The third-order valence-electron chi connectivity index (χ3n) is 6.65. The summed E-state index contributed by atoms with van der Waals surface area (Å²) >= 11 is 0. The lowest BCUT2D eigenvalue weighted by Gasteiger charge is -2.37. The zero-order chi connectivity index (χ0) is 20.1. The van der Waals surface area contributed by atoms with E-state index in [0.717, 1.165) is 27.6 Å². The molecule has 0 spiro atoms. The van der Waals surface area contributed by atoms with Gasteiger partial charge in [-0.1, -0.05) is 48.5 Å². The number of anilines is 2. The first kappa shape index (κ1) is 15.7. The molecule has 4 heterocycles. The van der Waals surface area contributed by atoms with Gasteiger partial charge in [-0.05, 0) is 41.9 Å². The quantitative estimate of drug-likeness (QED) is 0.330. The summed E-state index contributed by atoms with van der Waals surface area (Å²) < 4.78 is 14.7. The van der Waals surface area contributed by atoms with Gasteiger partial charge in [-0.15, -0.1) is 0 Å². The highest BCUT2D eigenvalue weighted by molar-refractivity contribution is 6.78. The predicted octanol–water partition coefficient (Wildman–Crippen LogP) is 5.77. The largest absolute Gasteiger partial charge is 0.526 e. The number of para-hydroxylation sites is 1. The first-order chi connectivity index (χ1) is 15.4. The molecule has 0 amide bonds. The van der Waals surface area contributed by atoms with E-state index in [1.165, 1.54) is 27.5 Å². The van der Waals surface area contributed by atoms with Crippen molar-refractivity contribution in [2.75, 3.05) is 4.81 Å². The van der Waals surface area contributed by atoms with E-state index in [-0.39, 0.29) is 7.05 Å².